The van der Waals surface area contributed by atoms with Gasteiger partial charge in [0, 0.05) is 4.92 Å². The fourth-order valence-electron chi connectivity index (χ4n) is 2.05. The quantitative estimate of drug-likeness (QED) is 0.331. The maximum atomic E-state index is 11.8. The SMILES string of the molecule is COC(=O)C(C(=O)OC)[C@@H](C[N+](=O)[O-])c1ccc(C#N)cc1. The summed E-state index contributed by atoms with van der Waals surface area (Å²) < 4.78 is 9.10. The predicted molar refractivity (Wildman–Crippen MR) is 73.3 cm³/mol. The average Bonchev–Trinajstić information content (AvgIpc) is 2.53. The highest BCUT2D eigenvalue weighted by molar-refractivity contribution is 5.96. The number of nitrogens with zero attached hydrogens (tertiary/aromatic N) is 2. The van der Waals surface area contributed by atoms with Crippen LogP contribution in [0, 0.1) is 27.4 Å². The molecule has 0 unspecified atom stereocenters. The number of ether oxygens (including phenoxy) is 2. The van der Waals surface area contributed by atoms with Gasteiger partial charge in [-0.2, -0.15) is 5.26 Å². The van der Waals surface area contributed by atoms with Crippen LogP contribution in [-0.4, -0.2) is 37.6 Å². The highest BCUT2D eigenvalue weighted by Crippen LogP contribution is 2.27. The molecule has 8 heteroatoms. The molecule has 116 valence electrons. The van der Waals surface area contributed by atoms with Crippen LogP contribution in [0.3, 0.4) is 0 Å². The molecule has 0 spiro atoms. The summed E-state index contributed by atoms with van der Waals surface area (Å²) in [6.07, 6.45) is 0. The Labute approximate surface area is 126 Å². The minimum atomic E-state index is -1.45. The molecule has 0 saturated carbocycles. The van der Waals surface area contributed by atoms with E-state index in [1.165, 1.54) is 24.3 Å². The van der Waals surface area contributed by atoms with Crippen molar-refractivity contribution in [3.8, 4) is 6.07 Å². The number of carbonyl (C=O) groups is 2. The standard InChI is InChI=1S/C14H14N2O6/c1-21-13(17)12(14(18)22-2)11(8-16(19)20)10-5-3-9(7-15)4-6-10/h3-6,11-12H,8H2,1-2H3/t11-/m0/s1. The average molecular weight is 306 g/mol. The van der Waals surface area contributed by atoms with Gasteiger partial charge in [0.05, 0.1) is 31.8 Å². The van der Waals surface area contributed by atoms with E-state index in [1.54, 1.807) is 0 Å². The van der Waals surface area contributed by atoms with Gasteiger partial charge in [-0.1, -0.05) is 12.1 Å². The first-order valence-electron chi connectivity index (χ1n) is 6.22. The van der Waals surface area contributed by atoms with E-state index in [0.29, 0.717) is 11.1 Å². The van der Waals surface area contributed by atoms with E-state index in [2.05, 4.69) is 9.47 Å². The summed E-state index contributed by atoms with van der Waals surface area (Å²) in [7, 11) is 2.17. The number of nitriles is 1. The Hall–Kier alpha value is -2.95. The smallest absolute Gasteiger partial charge is 0.320 e. The van der Waals surface area contributed by atoms with Gasteiger partial charge in [-0.05, 0) is 17.7 Å². The van der Waals surface area contributed by atoms with Crippen LogP contribution in [0.5, 0.6) is 0 Å². The summed E-state index contributed by atoms with van der Waals surface area (Å²) in [4.78, 5) is 33.9. The Morgan fingerprint density at radius 1 is 1.23 bits per heavy atom. The number of hydrogen-bond acceptors (Lipinski definition) is 7. The summed E-state index contributed by atoms with van der Waals surface area (Å²) >= 11 is 0. The van der Waals surface area contributed by atoms with E-state index in [0.717, 1.165) is 14.2 Å². The second-order valence-corrected chi connectivity index (χ2v) is 4.38. The molecule has 0 bridgehead atoms. The number of methoxy groups -OCH3 is 2. The molecule has 1 aromatic rings. The van der Waals surface area contributed by atoms with Crippen molar-refractivity contribution < 1.29 is 24.0 Å². The molecule has 0 saturated heterocycles. The maximum Gasteiger partial charge on any atom is 0.320 e. The number of nitro groups is 1. The van der Waals surface area contributed by atoms with Crippen molar-refractivity contribution in [2.75, 3.05) is 20.8 Å². The van der Waals surface area contributed by atoms with Crippen LogP contribution >= 0.6 is 0 Å². The van der Waals surface area contributed by atoms with Crippen molar-refractivity contribution in [2.24, 2.45) is 5.92 Å². The second kappa shape index (κ2) is 7.73. The number of rotatable bonds is 6. The van der Waals surface area contributed by atoms with Crippen LogP contribution in [0.25, 0.3) is 0 Å². The van der Waals surface area contributed by atoms with E-state index in [1.807, 2.05) is 6.07 Å². The number of esters is 2. The monoisotopic (exact) mass is 306 g/mol. The molecular formula is C14H14N2O6. The van der Waals surface area contributed by atoms with E-state index >= 15 is 0 Å². The van der Waals surface area contributed by atoms with Crippen LogP contribution in [0.1, 0.15) is 17.0 Å². The zero-order chi connectivity index (χ0) is 16.7. The summed E-state index contributed by atoms with van der Waals surface area (Å²) in [5.74, 6) is -4.33. The lowest BCUT2D eigenvalue weighted by Gasteiger charge is -2.20. The van der Waals surface area contributed by atoms with Crippen molar-refractivity contribution in [1.29, 1.82) is 5.26 Å². The molecule has 0 aromatic heterocycles. The molecule has 8 nitrogen and oxygen atoms in total. The summed E-state index contributed by atoms with van der Waals surface area (Å²) in [6.45, 7) is -0.652. The molecule has 0 N–H and O–H groups in total. The maximum absolute atomic E-state index is 11.8. The van der Waals surface area contributed by atoms with Crippen molar-refractivity contribution in [3.63, 3.8) is 0 Å². The Balaban J connectivity index is 3.28. The molecule has 1 rings (SSSR count). The van der Waals surface area contributed by atoms with Crippen molar-refractivity contribution in [2.45, 2.75) is 5.92 Å². The lowest BCUT2D eigenvalue weighted by Crippen LogP contribution is -2.35. The third-order valence-corrected chi connectivity index (χ3v) is 3.13. The van der Waals surface area contributed by atoms with Crippen LogP contribution < -0.4 is 0 Å². The molecular weight excluding hydrogens is 292 g/mol. The molecule has 0 amide bonds. The first-order valence-corrected chi connectivity index (χ1v) is 6.22. The molecule has 0 aliphatic carbocycles. The van der Waals surface area contributed by atoms with Gasteiger partial charge in [0.2, 0.25) is 6.54 Å². The number of carbonyl (C=O) groups excluding carboxylic acids is 2. The first kappa shape index (κ1) is 17.1. The molecule has 1 aromatic carbocycles. The second-order valence-electron chi connectivity index (χ2n) is 4.38. The van der Waals surface area contributed by atoms with E-state index in [4.69, 9.17) is 5.26 Å². The van der Waals surface area contributed by atoms with Crippen LogP contribution in [0.4, 0.5) is 0 Å². The van der Waals surface area contributed by atoms with Gasteiger partial charge >= 0.3 is 11.9 Å². The topological polar surface area (TPSA) is 120 Å². The molecule has 0 radical (unpaired) electrons. The first-order chi connectivity index (χ1) is 10.4. The van der Waals surface area contributed by atoms with Gasteiger partial charge in [0.1, 0.15) is 0 Å². The van der Waals surface area contributed by atoms with E-state index in [-0.39, 0.29) is 0 Å². The molecule has 0 fully saturated rings. The highest BCUT2D eigenvalue weighted by atomic mass is 16.6. The Morgan fingerprint density at radius 3 is 2.09 bits per heavy atom. The summed E-state index contributed by atoms with van der Waals surface area (Å²) in [5, 5.41) is 19.6. The fraction of sp³-hybridized carbons (Fsp3) is 0.357. The predicted octanol–water partition coefficient (Wildman–Crippen LogP) is 0.881. The third kappa shape index (κ3) is 4.02. The number of hydrogen-bond donors (Lipinski definition) is 0. The van der Waals surface area contributed by atoms with Crippen LogP contribution in [0.2, 0.25) is 0 Å². The van der Waals surface area contributed by atoms with Gasteiger partial charge in [0.15, 0.2) is 5.92 Å². The van der Waals surface area contributed by atoms with Gasteiger partial charge in [0.25, 0.3) is 0 Å². The van der Waals surface area contributed by atoms with Gasteiger partial charge in [-0.3, -0.25) is 19.7 Å². The Kier molecular flexibility index (Phi) is 6.01. The lowest BCUT2D eigenvalue weighted by molar-refractivity contribution is -0.484. The van der Waals surface area contributed by atoms with Gasteiger partial charge in [-0.15, -0.1) is 0 Å². The van der Waals surface area contributed by atoms with Crippen LogP contribution in [0.15, 0.2) is 24.3 Å². The van der Waals surface area contributed by atoms with Gasteiger partial charge in [-0.25, -0.2) is 0 Å². The largest absolute Gasteiger partial charge is 0.468 e. The summed E-state index contributed by atoms with van der Waals surface area (Å²) in [6, 6.07) is 7.75. The Bertz CT molecular complexity index is 589. The molecule has 1 atom stereocenters. The fourth-order valence-corrected chi connectivity index (χ4v) is 2.05. The molecule has 0 aliphatic heterocycles. The normalized spacial score (nSPS) is 11.4. The minimum absolute atomic E-state index is 0.358. The number of benzene rings is 1. The van der Waals surface area contributed by atoms with Crippen molar-refractivity contribution in [1.82, 2.24) is 0 Å². The molecule has 22 heavy (non-hydrogen) atoms. The third-order valence-electron chi connectivity index (χ3n) is 3.13. The zero-order valence-corrected chi connectivity index (χ0v) is 12.0. The van der Waals surface area contributed by atoms with Crippen LogP contribution in [-0.2, 0) is 19.1 Å². The Morgan fingerprint density at radius 2 is 1.73 bits per heavy atom. The van der Waals surface area contributed by atoms with Crippen molar-refractivity contribution >= 4 is 11.9 Å². The molecule has 0 heterocycles. The lowest BCUT2D eigenvalue weighted by atomic mass is 9.85. The zero-order valence-electron chi connectivity index (χ0n) is 12.0. The van der Waals surface area contributed by atoms with Gasteiger partial charge < -0.3 is 9.47 Å². The highest BCUT2D eigenvalue weighted by Gasteiger charge is 2.40. The molecule has 0 aliphatic rings. The minimum Gasteiger partial charge on any atom is -0.468 e. The van der Waals surface area contributed by atoms with E-state index < -0.39 is 35.2 Å². The van der Waals surface area contributed by atoms with Crippen molar-refractivity contribution in [3.05, 3.63) is 45.5 Å². The summed E-state index contributed by atoms with van der Waals surface area (Å²) in [5.41, 5.74) is 0.729. The van der Waals surface area contributed by atoms with E-state index in [9.17, 15) is 19.7 Å².